The van der Waals surface area contributed by atoms with Gasteiger partial charge in [0.2, 0.25) is 11.8 Å². The van der Waals surface area contributed by atoms with Crippen molar-refractivity contribution in [1.29, 1.82) is 0 Å². The van der Waals surface area contributed by atoms with Crippen LogP contribution >= 0.6 is 11.8 Å². The van der Waals surface area contributed by atoms with Gasteiger partial charge in [0.1, 0.15) is 16.8 Å². The Balaban J connectivity index is 1.50. The number of benzene rings is 2. The maximum absolute atomic E-state index is 12.9. The van der Waals surface area contributed by atoms with E-state index in [0.717, 1.165) is 11.8 Å². The average Bonchev–Trinajstić information content (AvgIpc) is 3.08. The number of carbonyl (C=O) groups excluding carboxylic acids is 2. The largest absolute Gasteiger partial charge is 0.482 e. The number of amidine groups is 1. The first kappa shape index (κ1) is 22.0. The van der Waals surface area contributed by atoms with Crippen LogP contribution in [-0.2, 0) is 14.4 Å². The maximum Gasteiger partial charge on any atom is 0.341 e. The Hall–Kier alpha value is -3.73. The van der Waals surface area contributed by atoms with E-state index in [1.807, 2.05) is 0 Å². The topological polar surface area (TPSA) is 129 Å². The van der Waals surface area contributed by atoms with Gasteiger partial charge in [0, 0.05) is 12.1 Å². The number of anilines is 1. The molecule has 2 aromatic rings. The van der Waals surface area contributed by atoms with Gasteiger partial charge in [-0.2, -0.15) is 5.10 Å². The highest BCUT2D eigenvalue weighted by Gasteiger charge is 2.32. The molecule has 1 heterocycles. The fraction of sp³-hybridized carbons (Fsp3) is 0.150. The number of carboxylic acid groups (broad SMARTS) is 1. The number of amides is 2. The highest BCUT2D eigenvalue weighted by molar-refractivity contribution is 8.15. The number of thioether (sulfide) groups is 1. The smallest absolute Gasteiger partial charge is 0.341 e. The number of rotatable bonds is 8. The first-order valence-corrected chi connectivity index (χ1v) is 9.85. The third-order valence-electron chi connectivity index (χ3n) is 3.87. The average molecular weight is 444 g/mol. The molecule has 9 nitrogen and oxygen atoms in total. The van der Waals surface area contributed by atoms with Crippen molar-refractivity contribution >= 4 is 46.6 Å². The van der Waals surface area contributed by atoms with Gasteiger partial charge >= 0.3 is 5.97 Å². The first-order valence-electron chi connectivity index (χ1n) is 8.97. The Bertz CT molecular complexity index is 1020. The molecule has 1 unspecified atom stereocenters. The quantitative estimate of drug-likeness (QED) is 0.423. The predicted molar refractivity (Wildman–Crippen MR) is 114 cm³/mol. The van der Waals surface area contributed by atoms with Crippen LogP contribution in [0.1, 0.15) is 12.0 Å². The van der Waals surface area contributed by atoms with Crippen molar-refractivity contribution < 1.29 is 28.6 Å². The van der Waals surface area contributed by atoms with Crippen molar-refractivity contribution in [2.45, 2.75) is 11.7 Å². The van der Waals surface area contributed by atoms with Gasteiger partial charge in [0.15, 0.2) is 11.8 Å². The monoisotopic (exact) mass is 444 g/mol. The van der Waals surface area contributed by atoms with E-state index in [1.54, 1.807) is 24.3 Å². The lowest BCUT2D eigenvalue weighted by molar-refractivity contribution is -0.139. The van der Waals surface area contributed by atoms with Crippen molar-refractivity contribution in [2.24, 2.45) is 10.2 Å². The van der Waals surface area contributed by atoms with E-state index in [4.69, 9.17) is 9.84 Å². The molecule has 1 atom stereocenters. The lowest BCUT2D eigenvalue weighted by atomic mass is 10.2. The molecule has 0 spiro atoms. The lowest BCUT2D eigenvalue weighted by Crippen LogP contribution is -2.28. The zero-order valence-electron chi connectivity index (χ0n) is 15.9. The molecule has 0 saturated carbocycles. The molecule has 3 rings (SSSR count). The second-order valence-corrected chi connectivity index (χ2v) is 7.45. The van der Waals surface area contributed by atoms with Crippen molar-refractivity contribution in [2.75, 3.05) is 11.9 Å². The summed E-state index contributed by atoms with van der Waals surface area (Å²) in [4.78, 5) is 34.6. The number of hydrogen-bond donors (Lipinski definition) is 3. The summed E-state index contributed by atoms with van der Waals surface area (Å²) in [6.07, 6.45) is 1.38. The summed E-state index contributed by atoms with van der Waals surface area (Å²) >= 11 is 1.09. The second kappa shape index (κ2) is 10.3. The van der Waals surface area contributed by atoms with E-state index in [-0.39, 0.29) is 23.4 Å². The molecule has 160 valence electrons. The maximum atomic E-state index is 12.9. The Kier molecular flexibility index (Phi) is 7.33. The van der Waals surface area contributed by atoms with Gasteiger partial charge in [0.25, 0.3) is 0 Å². The number of halogens is 1. The Morgan fingerprint density at radius 2 is 1.90 bits per heavy atom. The van der Waals surface area contributed by atoms with E-state index < -0.39 is 23.6 Å². The van der Waals surface area contributed by atoms with E-state index in [0.29, 0.717) is 17.0 Å². The molecule has 11 heteroatoms. The number of ether oxygens (including phenoxy) is 1. The third-order valence-corrected chi connectivity index (χ3v) is 4.95. The summed E-state index contributed by atoms with van der Waals surface area (Å²) < 4.78 is 17.9. The first-order chi connectivity index (χ1) is 14.9. The van der Waals surface area contributed by atoms with Crippen molar-refractivity contribution in [3.8, 4) is 5.75 Å². The van der Waals surface area contributed by atoms with Crippen LogP contribution in [0.2, 0.25) is 0 Å². The number of nitrogens with one attached hydrogen (secondary N) is 2. The van der Waals surface area contributed by atoms with Gasteiger partial charge in [-0.05, 0) is 54.1 Å². The van der Waals surface area contributed by atoms with E-state index >= 15 is 0 Å². The minimum atomic E-state index is -1.07. The highest BCUT2D eigenvalue weighted by atomic mass is 32.2. The zero-order chi connectivity index (χ0) is 22.2. The molecule has 2 amide bonds. The molecule has 0 radical (unpaired) electrons. The van der Waals surface area contributed by atoms with E-state index in [2.05, 4.69) is 20.8 Å². The molecule has 2 aromatic carbocycles. The van der Waals surface area contributed by atoms with Gasteiger partial charge in [-0.3, -0.25) is 9.59 Å². The van der Waals surface area contributed by atoms with E-state index in [1.165, 1.54) is 30.5 Å². The number of aliphatic carboxylic acids is 1. The molecule has 1 fully saturated rings. The number of hydrogen-bond acceptors (Lipinski definition) is 7. The molecule has 31 heavy (non-hydrogen) atoms. The molecule has 3 N–H and O–H groups in total. The van der Waals surface area contributed by atoms with Crippen molar-refractivity contribution in [3.05, 3.63) is 59.9 Å². The SMILES string of the molecule is O=C(O)COc1ccc(/C=N/N=C2\NC(=O)C(CC(=O)Nc3ccc(F)cc3)S2)cc1. The molecule has 0 bridgehead atoms. The second-order valence-electron chi connectivity index (χ2n) is 6.26. The molecule has 1 aliphatic rings. The molecular formula is C20H17FN4O5S. The summed E-state index contributed by atoms with van der Waals surface area (Å²) in [5.74, 6) is -1.80. The Morgan fingerprint density at radius 1 is 1.19 bits per heavy atom. The van der Waals surface area contributed by atoms with Crippen LogP contribution in [0, 0.1) is 5.82 Å². The molecule has 1 saturated heterocycles. The van der Waals surface area contributed by atoms with Gasteiger partial charge in [-0.1, -0.05) is 11.8 Å². The van der Waals surface area contributed by atoms with Crippen LogP contribution in [0.4, 0.5) is 10.1 Å². The summed E-state index contributed by atoms with van der Waals surface area (Å²) in [5, 5.41) is 21.2. The minimum Gasteiger partial charge on any atom is -0.482 e. The van der Waals surface area contributed by atoms with Crippen LogP contribution in [0.15, 0.2) is 58.7 Å². The fourth-order valence-electron chi connectivity index (χ4n) is 2.44. The van der Waals surface area contributed by atoms with Crippen LogP contribution < -0.4 is 15.4 Å². The Labute approximate surface area is 180 Å². The summed E-state index contributed by atoms with van der Waals surface area (Å²) in [7, 11) is 0. The molecule has 0 aromatic heterocycles. The minimum absolute atomic E-state index is 0.0750. The summed E-state index contributed by atoms with van der Waals surface area (Å²) in [5.41, 5.74) is 1.13. The molecule has 0 aliphatic carbocycles. The predicted octanol–water partition coefficient (Wildman–Crippen LogP) is 2.24. The summed E-state index contributed by atoms with van der Waals surface area (Å²) in [6, 6.07) is 11.9. The zero-order valence-corrected chi connectivity index (χ0v) is 16.8. The van der Waals surface area contributed by atoms with Crippen LogP contribution in [0.3, 0.4) is 0 Å². The van der Waals surface area contributed by atoms with Crippen molar-refractivity contribution in [3.63, 3.8) is 0 Å². The third kappa shape index (κ3) is 6.93. The summed E-state index contributed by atoms with van der Waals surface area (Å²) in [6.45, 7) is -0.429. The van der Waals surface area contributed by atoms with Crippen LogP contribution in [-0.4, -0.2) is 46.1 Å². The normalized spacial score (nSPS) is 17.0. The number of carboxylic acids is 1. The van der Waals surface area contributed by atoms with Gasteiger partial charge < -0.3 is 20.5 Å². The standard InChI is InChI=1S/C20H17FN4O5S/c21-13-3-5-14(6-4-13)23-17(26)9-16-19(29)24-20(31-16)25-22-10-12-1-7-15(8-2-12)30-11-18(27)28/h1-8,10,16H,9,11H2,(H,23,26)(H,27,28)(H,24,25,29)/b22-10+. The number of carbonyl (C=O) groups is 3. The van der Waals surface area contributed by atoms with Crippen molar-refractivity contribution in [1.82, 2.24) is 5.32 Å². The number of nitrogens with zero attached hydrogens (tertiary/aromatic N) is 2. The highest BCUT2D eigenvalue weighted by Crippen LogP contribution is 2.23. The fourth-order valence-corrected chi connectivity index (χ4v) is 3.37. The Morgan fingerprint density at radius 3 is 2.58 bits per heavy atom. The van der Waals surface area contributed by atoms with Crippen LogP contribution in [0.5, 0.6) is 5.75 Å². The van der Waals surface area contributed by atoms with Gasteiger partial charge in [0.05, 0.1) is 6.21 Å². The molecular weight excluding hydrogens is 427 g/mol. The van der Waals surface area contributed by atoms with Gasteiger partial charge in [-0.15, -0.1) is 5.10 Å². The molecule has 1 aliphatic heterocycles. The van der Waals surface area contributed by atoms with E-state index in [9.17, 15) is 18.8 Å². The van der Waals surface area contributed by atoms with Gasteiger partial charge in [-0.25, -0.2) is 9.18 Å². The lowest BCUT2D eigenvalue weighted by Gasteiger charge is -2.07. The van der Waals surface area contributed by atoms with Crippen LogP contribution in [0.25, 0.3) is 0 Å².